The minimum absolute atomic E-state index is 0.0219. The Balaban J connectivity index is 2.23. The van der Waals surface area contributed by atoms with Gasteiger partial charge in [0.1, 0.15) is 24.2 Å². The third-order valence-corrected chi connectivity index (χ3v) is 8.68. The Kier molecular flexibility index (Phi) is 16.8. The van der Waals surface area contributed by atoms with Crippen LogP contribution in [0.25, 0.3) is 0 Å². The summed E-state index contributed by atoms with van der Waals surface area (Å²) in [5.41, 5.74) is -0.842. The molecule has 0 saturated carbocycles. The number of ether oxygens (including phenoxy) is 2. The first-order chi connectivity index (χ1) is 24.5. The van der Waals surface area contributed by atoms with Crippen LogP contribution in [-0.4, -0.2) is 127 Å². The van der Waals surface area contributed by atoms with Crippen LogP contribution in [0.2, 0.25) is 0 Å². The van der Waals surface area contributed by atoms with Crippen LogP contribution in [0.1, 0.15) is 73.4 Å². The highest BCUT2D eigenvalue weighted by Crippen LogP contribution is 2.29. The normalized spacial score (nSPS) is 17.6. The van der Waals surface area contributed by atoms with E-state index >= 15 is 0 Å². The molecule has 4 N–H and O–H groups in total. The molecule has 1 saturated heterocycles. The number of carbonyl (C=O) groups is 7. The van der Waals surface area contributed by atoms with E-state index in [2.05, 4.69) is 21.3 Å². The molecule has 1 aromatic carbocycles. The number of likely N-dealkylation sites (tertiary alicyclic amines) is 1. The Morgan fingerprint density at radius 3 is 2.09 bits per heavy atom. The number of hydrogen-bond donors (Lipinski definition) is 4. The van der Waals surface area contributed by atoms with Gasteiger partial charge in [0, 0.05) is 32.8 Å². The molecule has 0 aliphatic carbocycles. The predicted octanol–water partition coefficient (Wildman–Crippen LogP) is 2.05. The Morgan fingerprint density at radius 2 is 1.57 bits per heavy atom. The molecule has 2 rings (SSSR count). The van der Waals surface area contributed by atoms with E-state index in [1.807, 2.05) is 34.6 Å². The number of likely N-dealkylation sites (N-methyl/N-ethyl adjacent to an activating group) is 1. The number of carbonyl (C=O) groups excluding carboxylic acids is 7. The van der Waals surface area contributed by atoms with Gasteiger partial charge in [-0.1, -0.05) is 65.0 Å². The van der Waals surface area contributed by atoms with Crippen LogP contribution in [0.15, 0.2) is 30.3 Å². The molecule has 1 heterocycles. The highest BCUT2D eigenvalue weighted by atomic mass is 32.2. The van der Waals surface area contributed by atoms with E-state index in [1.165, 1.54) is 21.6 Å². The van der Waals surface area contributed by atoms with Gasteiger partial charge < -0.3 is 40.5 Å². The first kappa shape index (κ1) is 45.0. The molecule has 0 spiro atoms. The van der Waals surface area contributed by atoms with Gasteiger partial charge in [-0.05, 0) is 43.9 Å². The second kappa shape index (κ2) is 19.8. The molecule has 1 aromatic rings. The maximum absolute atomic E-state index is 14.2. The fourth-order valence-corrected chi connectivity index (χ4v) is 6.09. The van der Waals surface area contributed by atoms with Crippen molar-refractivity contribution in [3.63, 3.8) is 0 Å². The smallest absolute Gasteiger partial charge is 0.407 e. The maximum Gasteiger partial charge on any atom is 0.407 e. The van der Waals surface area contributed by atoms with Crippen LogP contribution in [-0.2, 0) is 38.2 Å². The number of alkyl carbamates (subject to hydrolysis) is 1. The molecular formula is C37H58N6O9S. The second-order valence-electron chi connectivity index (χ2n) is 15.7. The topological polar surface area (TPSA) is 193 Å². The number of Topliss-reactive ketones (excluding diaryl/α,β-unsaturated/α-hetero) is 1. The molecular weight excluding hydrogens is 705 g/mol. The van der Waals surface area contributed by atoms with Crippen molar-refractivity contribution >= 4 is 53.2 Å². The van der Waals surface area contributed by atoms with Gasteiger partial charge >= 0.3 is 6.09 Å². The standard InChI is InChI=1S/C37H58N6O9S/c1-22(2)20-51-35(50)41-30(36(3,4)5)34(49)43-19-24(52-37(6,7)8)17-26(43)31(46)39-25(21-53-11)29(45)32(47)38-18-27(44)40-28(33(48)42(9)10)23-15-13-12-14-16-23/h12-16,22,24-26,28,30H,17-21H2,1-11H3,(H,38,47)(H,39,46)(H,40,44)(H,41,50)/t24-,25+,26+,28?,30-/m1/s1. The summed E-state index contributed by atoms with van der Waals surface area (Å²) in [6.07, 6.45) is 0.489. The van der Waals surface area contributed by atoms with E-state index in [0.29, 0.717) is 5.56 Å². The van der Waals surface area contributed by atoms with Gasteiger partial charge in [0.15, 0.2) is 0 Å². The van der Waals surface area contributed by atoms with Crippen molar-refractivity contribution in [3.05, 3.63) is 35.9 Å². The predicted molar refractivity (Wildman–Crippen MR) is 202 cm³/mol. The fourth-order valence-electron chi connectivity index (χ4n) is 5.52. The summed E-state index contributed by atoms with van der Waals surface area (Å²) in [4.78, 5) is 95.5. The zero-order valence-corrected chi connectivity index (χ0v) is 33.7. The van der Waals surface area contributed by atoms with Crippen LogP contribution in [0.5, 0.6) is 0 Å². The Labute approximate surface area is 317 Å². The molecule has 1 aliphatic heterocycles. The van der Waals surface area contributed by atoms with Crippen molar-refractivity contribution in [1.29, 1.82) is 0 Å². The number of rotatable bonds is 16. The summed E-state index contributed by atoms with van der Waals surface area (Å²) < 4.78 is 11.4. The van der Waals surface area contributed by atoms with Crippen molar-refractivity contribution < 1.29 is 43.0 Å². The SMILES string of the molecule is CSC[C@H](NC(=O)[C@@H]1C[C@@H](OC(C)(C)C)CN1C(=O)[C@@H](NC(=O)OCC(C)C)C(C)(C)C)C(=O)C(=O)NCC(=O)NC(C(=O)N(C)C)c1ccccc1. The Morgan fingerprint density at radius 1 is 0.943 bits per heavy atom. The molecule has 15 nitrogen and oxygen atoms in total. The van der Waals surface area contributed by atoms with Gasteiger partial charge in [-0.15, -0.1) is 0 Å². The summed E-state index contributed by atoms with van der Waals surface area (Å²) in [7, 11) is 3.10. The average molecular weight is 763 g/mol. The number of nitrogens with one attached hydrogen (secondary N) is 4. The Hall–Kier alpha value is -4.18. The lowest BCUT2D eigenvalue weighted by Gasteiger charge is -2.35. The lowest BCUT2D eigenvalue weighted by Crippen LogP contribution is -2.59. The summed E-state index contributed by atoms with van der Waals surface area (Å²) in [5, 5.41) is 10.2. The molecule has 1 unspecified atom stereocenters. The van der Waals surface area contributed by atoms with E-state index in [9.17, 15) is 33.6 Å². The quantitative estimate of drug-likeness (QED) is 0.181. The van der Waals surface area contributed by atoms with Crippen molar-refractivity contribution in [2.75, 3.05) is 45.8 Å². The minimum Gasteiger partial charge on any atom is -0.449 e. The van der Waals surface area contributed by atoms with Crippen molar-refractivity contribution in [3.8, 4) is 0 Å². The monoisotopic (exact) mass is 762 g/mol. The number of ketones is 1. The molecule has 53 heavy (non-hydrogen) atoms. The third-order valence-electron chi connectivity index (χ3n) is 8.02. The van der Waals surface area contributed by atoms with Crippen molar-refractivity contribution in [2.45, 2.75) is 97.7 Å². The zero-order valence-electron chi connectivity index (χ0n) is 32.9. The summed E-state index contributed by atoms with van der Waals surface area (Å²) in [6, 6.07) is 4.11. The molecule has 0 radical (unpaired) electrons. The number of benzene rings is 1. The lowest BCUT2D eigenvalue weighted by molar-refractivity contribution is -0.144. The number of hydrogen-bond acceptors (Lipinski definition) is 10. The number of amides is 6. The fraction of sp³-hybridized carbons (Fsp3) is 0.649. The first-order valence-electron chi connectivity index (χ1n) is 17.6. The largest absolute Gasteiger partial charge is 0.449 e. The van der Waals surface area contributed by atoms with Crippen molar-refractivity contribution in [2.24, 2.45) is 11.3 Å². The molecule has 1 aliphatic rings. The van der Waals surface area contributed by atoms with E-state index in [1.54, 1.807) is 71.5 Å². The van der Waals surface area contributed by atoms with Gasteiger partial charge in [0.25, 0.3) is 5.91 Å². The van der Waals surface area contributed by atoms with Gasteiger partial charge in [-0.2, -0.15) is 11.8 Å². The van der Waals surface area contributed by atoms with Gasteiger partial charge in [-0.25, -0.2) is 4.79 Å². The molecule has 0 aromatic heterocycles. The van der Waals surface area contributed by atoms with Gasteiger partial charge in [0.2, 0.25) is 29.4 Å². The third kappa shape index (κ3) is 14.3. The first-order valence-corrected chi connectivity index (χ1v) is 19.0. The minimum atomic E-state index is -1.30. The average Bonchev–Trinajstić information content (AvgIpc) is 3.48. The van der Waals surface area contributed by atoms with Gasteiger partial charge in [0.05, 0.1) is 24.9 Å². The Bertz CT molecular complexity index is 1460. The number of nitrogens with zero attached hydrogens (tertiary/aromatic N) is 2. The molecule has 6 amide bonds. The lowest BCUT2D eigenvalue weighted by atomic mass is 9.85. The van der Waals surface area contributed by atoms with Crippen LogP contribution in [0, 0.1) is 11.3 Å². The molecule has 1 fully saturated rings. The van der Waals surface area contributed by atoms with Crippen LogP contribution >= 0.6 is 11.8 Å². The van der Waals surface area contributed by atoms with E-state index in [0.717, 1.165) is 0 Å². The molecule has 0 bridgehead atoms. The van der Waals surface area contributed by atoms with Crippen LogP contribution in [0.4, 0.5) is 4.79 Å². The van der Waals surface area contributed by atoms with Gasteiger partial charge in [-0.3, -0.25) is 28.8 Å². The van der Waals surface area contributed by atoms with Crippen LogP contribution < -0.4 is 21.3 Å². The number of thioether (sulfide) groups is 1. The highest BCUT2D eigenvalue weighted by Gasteiger charge is 2.47. The van der Waals surface area contributed by atoms with Crippen molar-refractivity contribution in [1.82, 2.24) is 31.1 Å². The van der Waals surface area contributed by atoms with E-state index in [-0.39, 0.29) is 37.2 Å². The summed E-state index contributed by atoms with van der Waals surface area (Å²) in [5.74, 6) is -4.32. The van der Waals surface area contributed by atoms with E-state index < -0.39 is 83.3 Å². The molecule has 16 heteroatoms. The van der Waals surface area contributed by atoms with E-state index in [4.69, 9.17) is 9.47 Å². The zero-order chi connectivity index (χ0) is 40.3. The maximum atomic E-state index is 14.2. The molecule has 296 valence electrons. The highest BCUT2D eigenvalue weighted by molar-refractivity contribution is 7.98. The van der Waals surface area contributed by atoms with Crippen LogP contribution in [0.3, 0.4) is 0 Å². The molecule has 5 atom stereocenters. The second-order valence-corrected chi connectivity index (χ2v) is 16.6. The summed E-state index contributed by atoms with van der Waals surface area (Å²) in [6.45, 7) is 14.3. The summed E-state index contributed by atoms with van der Waals surface area (Å²) >= 11 is 1.21.